The van der Waals surface area contributed by atoms with Crippen LogP contribution in [0, 0.1) is 0 Å². The number of hydrazine groups is 1. The van der Waals surface area contributed by atoms with Crippen LogP contribution in [-0.2, 0) is 0 Å². The third-order valence-electron chi connectivity index (χ3n) is 4.63. The van der Waals surface area contributed by atoms with E-state index in [4.69, 9.17) is 5.84 Å². The first-order chi connectivity index (χ1) is 10.0. The van der Waals surface area contributed by atoms with E-state index < -0.39 is 0 Å². The Labute approximate surface area is 130 Å². The lowest BCUT2D eigenvalue weighted by atomic mass is 10.0. The van der Waals surface area contributed by atoms with E-state index in [9.17, 15) is 5.11 Å². The normalized spacial score (nSPS) is 22.0. The molecule has 4 nitrogen and oxygen atoms in total. The predicted molar refractivity (Wildman–Crippen MR) is 89.2 cm³/mol. The molecule has 0 bridgehead atoms. The lowest BCUT2D eigenvalue weighted by Crippen LogP contribution is -2.53. The summed E-state index contributed by atoms with van der Waals surface area (Å²) in [6.07, 6.45) is 13.0. The largest absolute Gasteiger partial charge is 0.390 e. The summed E-state index contributed by atoms with van der Waals surface area (Å²) in [6, 6.07) is 0. The number of hydrogen-bond donors (Lipinski definition) is 3. The maximum absolute atomic E-state index is 9.35. The monoisotopic (exact) mass is 297 g/mol. The molecule has 0 amide bonds. The number of unbranched alkanes of at least 4 members (excludes halogenated alkanes) is 8. The molecule has 4 heteroatoms. The molecule has 1 atom stereocenters. The van der Waals surface area contributed by atoms with Gasteiger partial charge in [0.25, 0.3) is 0 Å². The van der Waals surface area contributed by atoms with Gasteiger partial charge in [0.05, 0.1) is 12.3 Å². The third-order valence-corrected chi connectivity index (χ3v) is 4.63. The zero-order chi connectivity index (χ0) is 15.7. The molecular formula is C17H35N3O. The first-order valence-electron chi connectivity index (χ1n) is 8.69. The smallest absolute Gasteiger partial charge is 0.121 e. The van der Waals surface area contributed by atoms with E-state index in [2.05, 4.69) is 19.2 Å². The van der Waals surface area contributed by atoms with Crippen LogP contribution in [0.2, 0.25) is 0 Å². The van der Waals surface area contributed by atoms with Gasteiger partial charge in [-0.1, -0.05) is 58.3 Å². The van der Waals surface area contributed by atoms with Crippen molar-refractivity contribution in [1.82, 2.24) is 10.3 Å². The fraction of sp³-hybridized carbons (Fsp3) is 0.882. The minimum Gasteiger partial charge on any atom is -0.390 e. The van der Waals surface area contributed by atoms with Gasteiger partial charge in [0.1, 0.15) is 5.66 Å². The van der Waals surface area contributed by atoms with Crippen molar-refractivity contribution in [2.24, 2.45) is 5.84 Å². The summed E-state index contributed by atoms with van der Waals surface area (Å²) in [7, 11) is 0. The Morgan fingerprint density at radius 3 is 2.05 bits per heavy atom. The summed E-state index contributed by atoms with van der Waals surface area (Å²) in [5.41, 5.74) is 1.58. The molecule has 0 aromatic rings. The SMILES string of the molecule is CCCCCCCCCCCC1(C)NC(C)=C(CO)N1N. The summed E-state index contributed by atoms with van der Waals surface area (Å²) in [5.74, 6) is 6.12. The Morgan fingerprint density at radius 2 is 1.57 bits per heavy atom. The zero-order valence-electron chi connectivity index (χ0n) is 14.2. The lowest BCUT2D eigenvalue weighted by molar-refractivity contribution is 0.118. The fourth-order valence-electron chi connectivity index (χ4n) is 3.17. The molecule has 1 heterocycles. The summed E-state index contributed by atoms with van der Waals surface area (Å²) in [6.45, 7) is 6.36. The highest BCUT2D eigenvalue weighted by molar-refractivity contribution is 5.20. The van der Waals surface area contributed by atoms with Crippen molar-refractivity contribution in [3.63, 3.8) is 0 Å². The van der Waals surface area contributed by atoms with Gasteiger partial charge in [0, 0.05) is 5.70 Å². The van der Waals surface area contributed by atoms with Gasteiger partial charge in [-0.25, -0.2) is 5.84 Å². The van der Waals surface area contributed by atoms with Crippen LogP contribution < -0.4 is 11.2 Å². The van der Waals surface area contributed by atoms with Crippen molar-refractivity contribution >= 4 is 0 Å². The molecule has 0 aliphatic carbocycles. The molecule has 0 saturated heterocycles. The molecule has 124 valence electrons. The van der Waals surface area contributed by atoms with Gasteiger partial charge < -0.3 is 10.4 Å². The first kappa shape index (κ1) is 18.3. The van der Waals surface area contributed by atoms with E-state index in [-0.39, 0.29) is 12.3 Å². The number of nitrogens with one attached hydrogen (secondary N) is 1. The molecule has 1 aliphatic heterocycles. The minimum atomic E-state index is -0.233. The first-order valence-corrected chi connectivity index (χ1v) is 8.69. The van der Waals surface area contributed by atoms with E-state index >= 15 is 0 Å². The van der Waals surface area contributed by atoms with Crippen LogP contribution in [0.25, 0.3) is 0 Å². The van der Waals surface area contributed by atoms with Crippen LogP contribution in [0.3, 0.4) is 0 Å². The fourth-order valence-corrected chi connectivity index (χ4v) is 3.17. The van der Waals surface area contributed by atoms with Crippen LogP contribution in [0.4, 0.5) is 0 Å². The maximum Gasteiger partial charge on any atom is 0.121 e. The Balaban J connectivity index is 2.11. The summed E-state index contributed by atoms with van der Waals surface area (Å²) in [4.78, 5) is 0. The van der Waals surface area contributed by atoms with Crippen molar-refractivity contribution in [3.05, 3.63) is 11.4 Å². The van der Waals surface area contributed by atoms with E-state index in [0.29, 0.717) is 0 Å². The molecule has 0 spiro atoms. The standard InChI is InChI=1S/C17H35N3O/c1-4-5-6-7-8-9-10-11-12-13-17(3)19-15(2)16(14-21)20(17)18/h19,21H,4-14,18H2,1-3H3. The average Bonchev–Trinajstić information content (AvgIpc) is 2.67. The van der Waals surface area contributed by atoms with E-state index in [1.165, 1.54) is 57.8 Å². The number of nitrogens with zero attached hydrogens (tertiary/aromatic N) is 1. The second-order valence-electron chi connectivity index (χ2n) is 6.58. The van der Waals surface area contributed by atoms with Crippen molar-refractivity contribution in [2.45, 2.75) is 90.6 Å². The van der Waals surface area contributed by atoms with Crippen LogP contribution in [0.15, 0.2) is 11.4 Å². The van der Waals surface area contributed by atoms with Crippen LogP contribution in [0.1, 0.15) is 85.0 Å². The topological polar surface area (TPSA) is 61.5 Å². The number of allylic oxidation sites excluding steroid dienone is 1. The van der Waals surface area contributed by atoms with Gasteiger partial charge in [0.2, 0.25) is 0 Å². The highest BCUT2D eigenvalue weighted by atomic mass is 16.3. The quantitative estimate of drug-likeness (QED) is 0.402. The number of nitrogens with two attached hydrogens (primary N) is 1. The molecule has 0 aromatic carbocycles. The predicted octanol–water partition coefficient (Wildman–Crippen LogP) is 3.63. The van der Waals surface area contributed by atoms with Gasteiger partial charge in [-0.05, 0) is 26.7 Å². The van der Waals surface area contributed by atoms with E-state index in [1.807, 2.05) is 6.92 Å². The second kappa shape index (κ2) is 9.31. The van der Waals surface area contributed by atoms with E-state index in [1.54, 1.807) is 5.01 Å². The molecule has 0 fully saturated rings. The molecule has 0 saturated carbocycles. The van der Waals surface area contributed by atoms with E-state index in [0.717, 1.165) is 17.8 Å². The molecule has 0 radical (unpaired) electrons. The zero-order valence-corrected chi connectivity index (χ0v) is 14.2. The number of aliphatic hydroxyl groups is 1. The highest BCUT2D eigenvalue weighted by Gasteiger charge is 2.37. The van der Waals surface area contributed by atoms with Crippen molar-refractivity contribution in [2.75, 3.05) is 6.61 Å². The van der Waals surface area contributed by atoms with Crippen molar-refractivity contribution < 1.29 is 5.11 Å². The second-order valence-corrected chi connectivity index (χ2v) is 6.58. The van der Waals surface area contributed by atoms with Crippen molar-refractivity contribution in [1.29, 1.82) is 0 Å². The number of aliphatic hydroxyl groups excluding tert-OH is 1. The number of rotatable bonds is 11. The molecule has 21 heavy (non-hydrogen) atoms. The van der Waals surface area contributed by atoms with Crippen LogP contribution in [-0.4, -0.2) is 22.4 Å². The molecule has 0 aromatic heterocycles. The van der Waals surface area contributed by atoms with Gasteiger partial charge in [-0.15, -0.1) is 0 Å². The Kier molecular flexibility index (Phi) is 8.12. The summed E-state index contributed by atoms with van der Waals surface area (Å²) in [5, 5.41) is 14.5. The third kappa shape index (κ3) is 5.51. The summed E-state index contributed by atoms with van der Waals surface area (Å²) < 4.78 is 0. The summed E-state index contributed by atoms with van der Waals surface area (Å²) >= 11 is 0. The molecule has 4 N–H and O–H groups in total. The van der Waals surface area contributed by atoms with Crippen LogP contribution >= 0.6 is 0 Å². The average molecular weight is 297 g/mol. The maximum atomic E-state index is 9.35. The lowest BCUT2D eigenvalue weighted by Gasteiger charge is -2.35. The Bertz CT molecular complexity index is 330. The van der Waals surface area contributed by atoms with Crippen LogP contribution in [0.5, 0.6) is 0 Å². The Hall–Kier alpha value is -0.740. The van der Waals surface area contributed by atoms with Gasteiger partial charge >= 0.3 is 0 Å². The van der Waals surface area contributed by atoms with Crippen molar-refractivity contribution in [3.8, 4) is 0 Å². The van der Waals surface area contributed by atoms with Gasteiger partial charge in [0.15, 0.2) is 0 Å². The molecule has 1 aliphatic rings. The number of hydrogen-bond acceptors (Lipinski definition) is 4. The highest BCUT2D eigenvalue weighted by Crippen LogP contribution is 2.29. The minimum absolute atomic E-state index is 0.00266. The van der Waals surface area contributed by atoms with Gasteiger partial charge in [-0.3, -0.25) is 5.01 Å². The Morgan fingerprint density at radius 1 is 1.05 bits per heavy atom. The van der Waals surface area contributed by atoms with Gasteiger partial charge in [-0.2, -0.15) is 0 Å². The molecular weight excluding hydrogens is 262 g/mol. The molecule has 1 rings (SSSR count). The molecule has 1 unspecified atom stereocenters.